The van der Waals surface area contributed by atoms with Gasteiger partial charge in [0.25, 0.3) is 0 Å². The van der Waals surface area contributed by atoms with Gasteiger partial charge < -0.3 is 15.0 Å². The molecule has 0 aliphatic heterocycles. The Morgan fingerprint density at radius 2 is 1.88 bits per heavy atom. The Labute approximate surface area is 148 Å². The summed E-state index contributed by atoms with van der Waals surface area (Å²) in [6, 6.07) is 17.7. The average Bonchev–Trinajstić information content (AvgIpc) is 3.01. The van der Waals surface area contributed by atoms with E-state index in [9.17, 15) is 9.90 Å². The predicted molar refractivity (Wildman–Crippen MR) is 100 cm³/mol. The van der Waals surface area contributed by atoms with Crippen molar-refractivity contribution >= 4 is 16.8 Å². The van der Waals surface area contributed by atoms with Gasteiger partial charge in [-0.3, -0.25) is 4.79 Å². The van der Waals surface area contributed by atoms with Gasteiger partial charge in [-0.2, -0.15) is 0 Å². The largest absolute Gasteiger partial charge is 0.387 e. The van der Waals surface area contributed by atoms with Crippen LogP contribution in [0, 0.1) is 0 Å². The van der Waals surface area contributed by atoms with Crippen LogP contribution in [0.2, 0.25) is 0 Å². The SMILES string of the molecule is CCC(C(=O)NCC(O)c1ccc2c(ccn2C)c1)c1ccccc1. The van der Waals surface area contributed by atoms with E-state index in [-0.39, 0.29) is 18.4 Å². The van der Waals surface area contributed by atoms with E-state index in [0.717, 1.165) is 28.5 Å². The zero-order valence-corrected chi connectivity index (χ0v) is 14.6. The maximum atomic E-state index is 12.5. The monoisotopic (exact) mass is 336 g/mol. The summed E-state index contributed by atoms with van der Waals surface area (Å²) in [7, 11) is 1.99. The molecule has 0 radical (unpaired) electrons. The molecule has 3 aromatic rings. The van der Waals surface area contributed by atoms with Crippen molar-refractivity contribution in [3.8, 4) is 0 Å². The highest BCUT2D eigenvalue weighted by Crippen LogP contribution is 2.22. The first-order chi connectivity index (χ1) is 12.1. The van der Waals surface area contributed by atoms with Crippen LogP contribution in [0.25, 0.3) is 10.9 Å². The third-order valence-corrected chi connectivity index (χ3v) is 4.69. The molecule has 2 atom stereocenters. The molecule has 1 heterocycles. The van der Waals surface area contributed by atoms with Gasteiger partial charge in [-0.05, 0) is 41.1 Å². The number of nitrogens with one attached hydrogen (secondary N) is 1. The molecule has 2 aromatic carbocycles. The van der Waals surface area contributed by atoms with Gasteiger partial charge in [0.1, 0.15) is 0 Å². The van der Waals surface area contributed by atoms with Crippen LogP contribution in [0.15, 0.2) is 60.8 Å². The number of carbonyl (C=O) groups is 1. The molecule has 4 heteroatoms. The van der Waals surface area contributed by atoms with Gasteiger partial charge >= 0.3 is 0 Å². The smallest absolute Gasteiger partial charge is 0.227 e. The van der Waals surface area contributed by atoms with Crippen molar-refractivity contribution in [2.24, 2.45) is 7.05 Å². The van der Waals surface area contributed by atoms with Crippen LogP contribution in [-0.2, 0) is 11.8 Å². The molecule has 0 aliphatic carbocycles. The molecule has 1 aromatic heterocycles. The summed E-state index contributed by atoms with van der Waals surface area (Å²) in [4.78, 5) is 12.5. The fraction of sp³-hybridized carbons (Fsp3) is 0.286. The molecule has 0 fully saturated rings. The number of aliphatic hydroxyl groups excluding tert-OH is 1. The Kier molecular flexibility index (Phi) is 5.19. The second kappa shape index (κ2) is 7.53. The number of aliphatic hydroxyl groups is 1. The molecule has 1 amide bonds. The van der Waals surface area contributed by atoms with Gasteiger partial charge in [-0.25, -0.2) is 0 Å². The maximum absolute atomic E-state index is 12.5. The van der Waals surface area contributed by atoms with Crippen LogP contribution >= 0.6 is 0 Å². The lowest BCUT2D eigenvalue weighted by Gasteiger charge is -2.18. The molecule has 4 nitrogen and oxygen atoms in total. The van der Waals surface area contributed by atoms with Crippen LogP contribution in [-0.4, -0.2) is 22.1 Å². The van der Waals surface area contributed by atoms with E-state index < -0.39 is 6.10 Å². The van der Waals surface area contributed by atoms with Gasteiger partial charge in [-0.1, -0.05) is 43.3 Å². The first-order valence-electron chi connectivity index (χ1n) is 8.66. The first-order valence-corrected chi connectivity index (χ1v) is 8.66. The van der Waals surface area contributed by atoms with Crippen LogP contribution in [0.4, 0.5) is 0 Å². The number of benzene rings is 2. The summed E-state index contributed by atoms with van der Waals surface area (Å²) in [5.41, 5.74) is 2.93. The normalized spacial score (nSPS) is 13.6. The molecular formula is C21H24N2O2. The van der Waals surface area contributed by atoms with Crippen LogP contribution < -0.4 is 5.32 Å². The number of rotatable bonds is 6. The number of amides is 1. The lowest BCUT2D eigenvalue weighted by molar-refractivity contribution is -0.123. The van der Waals surface area contributed by atoms with E-state index in [4.69, 9.17) is 0 Å². The number of nitrogens with zero attached hydrogens (tertiary/aromatic N) is 1. The number of carbonyl (C=O) groups excluding carboxylic acids is 1. The quantitative estimate of drug-likeness (QED) is 0.723. The summed E-state index contributed by atoms with van der Waals surface area (Å²) in [6.45, 7) is 2.21. The zero-order valence-electron chi connectivity index (χ0n) is 14.6. The van der Waals surface area contributed by atoms with Gasteiger partial charge in [0.15, 0.2) is 0 Å². The minimum atomic E-state index is -0.721. The lowest BCUT2D eigenvalue weighted by Crippen LogP contribution is -2.32. The third-order valence-electron chi connectivity index (χ3n) is 4.69. The number of aromatic nitrogens is 1. The van der Waals surface area contributed by atoms with Crippen molar-refractivity contribution in [1.82, 2.24) is 9.88 Å². The van der Waals surface area contributed by atoms with E-state index in [1.807, 2.05) is 79.3 Å². The summed E-state index contributed by atoms with van der Waals surface area (Å²) >= 11 is 0. The fourth-order valence-corrected chi connectivity index (χ4v) is 3.20. The number of hydrogen-bond donors (Lipinski definition) is 2. The Morgan fingerprint density at radius 3 is 2.60 bits per heavy atom. The number of hydrogen-bond acceptors (Lipinski definition) is 2. The maximum Gasteiger partial charge on any atom is 0.227 e. The summed E-state index contributed by atoms with van der Waals surface area (Å²) < 4.78 is 2.04. The van der Waals surface area contributed by atoms with Crippen molar-refractivity contribution in [2.75, 3.05) is 6.54 Å². The topological polar surface area (TPSA) is 54.3 Å². The molecule has 2 N–H and O–H groups in total. The van der Waals surface area contributed by atoms with Crippen LogP contribution in [0.3, 0.4) is 0 Å². The molecule has 0 aliphatic rings. The highest BCUT2D eigenvalue weighted by molar-refractivity contribution is 5.83. The highest BCUT2D eigenvalue weighted by atomic mass is 16.3. The zero-order chi connectivity index (χ0) is 17.8. The van der Waals surface area contributed by atoms with Crippen molar-refractivity contribution < 1.29 is 9.90 Å². The van der Waals surface area contributed by atoms with E-state index in [1.54, 1.807) is 0 Å². The fourth-order valence-electron chi connectivity index (χ4n) is 3.20. The third kappa shape index (κ3) is 3.74. The molecule has 25 heavy (non-hydrogen) atoms. The Morgan fingerprint density at radius 1 is 1.12 bits per heavy atom. The number of aryl methyl sites for hydroxylation is 1. The minimum Gasteiger partial charge on any atom is -0.387 e. The Hall–Kier alpha value is -2.59. The second-order valence-electron chi connectivity index (χ2n) is 6.38. The number of fused-ring (bicyclic) bond motifs is 1. The minimum absolute atomic E-state index is 0.0476. The molecule has 3 rings (SSSR count). The molecule has 0 saturated carbocycles. The molecule has 0 bridgehead atoms. The van der Waals surface area contributed by atoms with E-state index in [0.29, 0.717) is 0 Å². The Bertz CT molecular complexity index is 855. The molecule has 130 valence electrons. The van der Waals surface area contributed by atoms with E-state index >= 15 is 0 Å². The van der Waals surface area contributed by atoms with Gasteiger partial charge in [-0.15, -0.1) is 0 Å². The summed E-state index contributed by atoms with van der Waals surface area (Å²) in [5.74, 6) is -0.237. The molecular weight excluding hydrogens is 312 g/mol. The molecule has 2 unspecified atom stereocenters. The standard InChI is InChI=1S/C21H24N2O2/c1-3-18(15-7-5-4-6-8-15)21(25)22-14-20(24)17-9-10-19-16(13-17)11-12-23(19)2/h4-13,18,20,24H,3,14H2,1-2H3,(H,22,25). The van der Waals surface area contributed by atoms with Crippen LogP contribution in [0.1, 0.15) is 36.5 Å². The molecule has 0 spiro atoms. The Balaban J connectivity index is 1.65. The molecule has 0 saturated heterocycles. The average molecular weight is 336 g/mol. The summed E-state index contributed by atoms with van der Waals surface area (Å²) in [5, 5.41) is 14.4. The highest BCUT2D eigenvalue weighted by Gasteiger charge is 2.19. The first kappa shape index (κ1) is 17.2. The van der Waals surface area contributed by atoms with Crippen molar-refractivity contribution in [3.05, 3.63) is 71.9 Å². The predicted octanol–water partition coefficient (Wildman–Crippen LogP) is 3.52. The van der Waals surface area contributed by atoms with Gasteiger partial charge in [0, 0.05) is 25.3 Å². The van der Waals surface area contributed by atoms with Crippen molar-refractivity contribution in [1.29, 1.82) is 0 Å². The van der Waals surface area contributed by atoms with Crippen molar-refractivity contribution in [3.63, 3.8) is 0 Å². The van der Waals surface area contributed by atoms with E-state index in [1.165, 1.54) is 0 Å². The van der Waals surface area contributed by atoms with E-state index in [2.05, 4.69) is 5.32 Å². The van der Waals surface area contributed by atoms with Gasteiger partial charge in [0.2, 0.25) is 5.91 Å². The lowest BCUT2D eigenvalue weighted by atomic mass is 9.95. The van der Waals surface area contributed by atoms with Crippen molar-refractivity contribution in [2.45, 2.75) is 25.4 Å². The van der Waals surface area contributed by atoms with Crippen LogP contribution in [0.5, 0.6) is 0 Å². The second-order valence-corrected chi connectivity index (χ2v) is 6.38. The summed E-state index contributed by atoms with van der Waals surface area (Å²) in [6.07, 6.45) is 2.00. The van der Waals surface area contributed by atoms with Gasteiger partial charge in [0.05, 0.1) is 12.0 Å².